The highest BCUT2D eigenvalue weighted by Gasteiger charge is 2.25. The van der Waals surface area contributed by atoms with Crippen molar-refractivity contribution in [2.24, 2.45) is 0 Å². The lowest BCUT2D eigenvalue weighted by molar-refractivity contribution is 0.242. The first-order chi connectivity index (χ1) is 8.84. The summed E-state index contributed by atoms with van der Waals surface area (Å²) in [5.74, 6) is 0. The fourth-order valence-corrected chi connectivity index (χ4v) is 3.07. The number of benzene rings is 1. The van der Waals surface area contributed by atoms with Crippen LogP contribution in [0.5, 0.6) is 0 Å². The van der Waals surface area contributed by atoms with Crippen molar-refractivity contribution in [1.29, 1.82) is 0 Å². The van der Waals surface area contributed by atoms with E-state index in [-0.39, 0.29) is 6.03 Å². The number of carbonyl (C=O) groups is 1. The largest absolute Gasteiger partial charge is 0.335 e. The van der Waals surface area contributed by atoms with Gasteiger partial charge in [0.15, 0.2) is 0 Å². The van der Waals surface area contributed by atoms with Crippen LogP contribution in [0.1, 0.15) is 37.7 Å². The lowest BCUT2D eigenvalue weighted by atomic mass is 10.0. The molecule has 0 radical (unpaired) electrons. The van der Waals surface area contributed by atoms with Gasteiger partial charge in [0, 0.05) is 18.3 Å². The summed E-state index contributed by atoms with van der Waals surface area (Å²) in [7, 11) is 0. The highest BCUT2D eigenvalue weighted by atomic mass is 16.2. The summed E-state index contributed by atoms with van der Waals surface area (Å²) in [6.45, 7) is 0.843. The Bertz CT molecular complexity index is 438. The standard InChI is InChI=1S/C15H20N2O/c18-15(16-13-8-2-3-9-13)17-11-5-7-12-6-1-4-10-14(12)17/h1,4,6,10,13H,2-3,5,7-9,11H2,(H,16,18). The molecule has 0 bridgehead atoms. The molecule has 2 aliphatic rings. The van der Waals surface area contributed by atoms with Crippen molar-refractivity contribution in [2.75, 3.05) is 11.4 Å². The Hall–Kier alpha value is -1.51. The topological polar surface area (TPSA) is 32.3 Å². The van der Waals surface area contributed by atoms with Gasteiger partial charge in [0.05, 0.1) is 0 Å². The predicted octanol–water partition coefficient (Wildman–Crippen LogP) is 3.09. The van der Waals surface area contributed by atoms with Crippen LogP contribution < -0.4 is 10.2 Å². The number of aryl methyl sites for hydroxylation is 1. The van der Waals surface area contributed by atoms with E-state index in [1.807, 2.05) is 11.0 Å². The van der Waals surface area contributed by atoms with E-state index in [1.54, 1.807) is 0 Å². The van der Waals surface area contributed by atoms with Crippen molar-refractivity contribution in [1.82, 2.24) is 5.32 Å². The van der Waals surface area contributed by atoms with E-state index in [0.717, 1.165) is 37.9 Å². The SMILES string of the molecule is O=C(NC1CCCC1)N1CCCc2ccccc21. The molecule has 1 aliphatic carbocycles. The maximum Gasteiger partial charge on any atom is 0.322 e. The zero-order valence-electron chi connectivity index (χ0n) is 10.7. The molecule has 1 fully saturated rings. The van der Waals surface area contributed by atoms with E-state index in [4.69, 9.17) is 0 Å². The monoisotopic (exact) mass is 244 g/mol. The van der Waals surface area contributed by atoms with Gasteiger partial charge in [-0.2, -0.15) is 0 Å². The van der Waals surface area contributed by atoms with E-state index in [9.17, 15) is 4.79 Å². The van der Waals surface area contributed by atoms with E-state index in [1.165, 1.54) is 18.4 Å². The van der Waals surface area contributed by atoms with Crippen LogP contribution in [0.25, 0.3) is 0 Å². The van der Waals surface area contributed by atoms with Crippen LogP contribution in [0, 0.1) is 0 Å². The number of rotatable bonds is 1. The molecule has 1 aliphatic heterocycles. The molecule has 0 spiro atoms. The fraction of sp³-hybridized carbons (Fsp3) is 0.533. The smallest absolute Gasteiger partial charge is 0.322 e. The van der Waals surface area contributed by atoms with Gasteiger partial charge in [0.1, 0.15) is 0 Å². The summed E-state index contributed by atoms with van der Waals surface area (Å²) in [6, 6.07) is 8.74. The highest BCUT2D eigenvalue weighted by molar-refractivity contribution is 5.93. The van der Waals surface area contributed by atoms with Crippen LogP contribution in [0.3, 0.4) is 0 Å². The number of anilines is 1. The molecule has 1 N–H and O–H groups in total. The normalized spacial score (nSPS) is 19.7. The van der Waals surface area contributed by atoms with Gasteiger partial charge < -0.3 is 5.32 Å². The van der Waals surface area contributed by atoms with Gasteiger partial charge in [0.2, 0.25) is 0 Å². The van der Waals surface area contributed by atoms with Crippen LogP contribution in [-0.4, -0.2) is 18.6 Å². The van der Waals surface area contributed by atoms with Gasteiger partial charge in [0.25, 0.3) is 0 Å². The van der Waals surface area contributed by atoms with Gasteiger partial charge in [-0.3, -0.25) is 4.90 Å². The van der Waals surface area contributed by atoms with Crippen LogP contribution >= 0.6 is 0 Å². The molecule has 96 valence electrons. The lowest BCUT2D eigenvalue weighted by Gasteiger charge is -2.30. The number of urea groups is 1. The summed E-state index contributed by atoms with van der Waals surface area (Å²) in [6.07, 6.45) is 6.93. The summed E-state index contributed by atoms with van der Waals surface area (Å²) in [5, 5.41) is 3.18. The van der Waals surface area contributed by atoms with Crippen LogP contribution in [-0.2, 0) is 6.42 Å². The average molecular weight is 244 g/mol. The Labute approximate surface area is 108 Å². The van der Waals surface area contributed by atoms with E-state index >= 15 is 0 Å². The van der Waals surface area contributed by atoms with E-state index in [0.29, 0.717) is 6.04 Å². The number of carbonyl (C=O) groups excluding carboxylic acids is 1. The Morgan fingerprint density at radius 3 is 2.78 bits per heavy atom. The Balaban J connectivity index is 1.74. The third-order valence-corrected chi connectivity index (χ3v) is 4.04. The number of amides is 2. The molecule has 0 aromatic heterocycles. The highest BCUT2D eigenvalue weighted by Crippen LogP contribution is 2.27. The first-order valence-corrected chi connectivity index (χ1v) is 7.00. The van der Waals surface area contributed by atoms with Crippen molar-refractivity contribution in [3.63, 3.8) is 0 Å². The van der Waals surface area contributed by atoms with Crippen LogP contribution in [0.2, 0.25) is 0 Å². The van der Waals surface area contributed by atoms with Crippen molar-refractivity contribution in [3.05, 3.63) is 29.8 Å². The molecule has 1 aromatic carbocycles. The first-order valence-electron chi connectivity index (χ1n) is 7.00. The summed E-state index contributed by atoms with van der Waals surface area (Å²) in [5.41, 5.74) is 2.39. The third kappa shape index (κ3) is 2.22. The maximum atomic E-state index is 12.3. The van der Waals surface area contributed by atoms with Crippen molar-refractivity contribution in [3.8, 4) is 0 Å². The molecule has 0 atom stereocenters. The molecule has 0 saturated heterocycles. The zero-order valence-corrected chi connectivity index (χ0v) is 10.7. The fourth-order valence-electron chi connectivity index (χ4n) is 3.07. The molecule has 1 aromatic rings. The lowest BCUT2D eigenvalue weighted by Crippen LogP contribution is -2.46. The summed E-state index contributed by atoms with van der Waals surface area (Å²) < 4.78 is 0. The summed E-state index contributed by atoms with van der Waals surface area (Å²) in [4.78, 5) is 14.2. The van der Waals surface area contributed by atoms with Gasteiger partial charge in [-0.1, -0.05) is 31.0 Å². The maximum absolute atomic E-state index is 12.3. The Kier molecular flexibility index (Phi) is 3.22. The molecule has 2 amide bonds. The van der Waals surface area contributed by atoms with Crippen LogP contribution in [0.15, 0.2) is 24.3 Å². The number of hydrogen-bond acceptors (Lipinski definition) is 1. The van der Waals surface area contributed by atoms with Gasteiger partial charge >= 0.3 is 6.03 Å². The molecule has 3 heteroatoms. The number of nitrogens with one attached hydrogen (secondary N) is 1. The number of para-hydroxylation sites is 1. The minimum absolute atomic E-state index is 0.0917. The van der Waals surface area contributed by atoms with Gasteiger partial charge in [-0.25, -0.2) is 4.79 Å². The zero-order chi connectivity index (χ0) is 12.4. The van der Waals surface area contributed by atoms with Crippen molar-refractivity contribution in [2.45, 2.75) is 44.6 Å². The molecule has 1 saturated carbocycles. The Morgan fingerprint density at radius 2 is 1.94 bits per heavy atom. The predicted molar refractivity (Wildman–Crippen MR) is 72.9 cm³/mol. The number of hydrogen-bond donors (Lipinski definition) is 1. The van der Waals surface area contributed by atoms with E-state index in [2.05, 4.69) is 23.5 Å². The molecule has 18 heavy (non-hydrogen) atoms. The average Bonchev–Trinajstić information content (AvgIpc) is 2.91. The summed E-state index contributed by atoms with van der Waals surface area (Å²) >= 11 is 0. The molecule has 3 nitrogen and oxygen atoms in total. The third-order valence-electron chi connectivity index (χ3n) is 4.04. The number of nitrogens with zero attached hydrogens (tertiary/aromatic N) is 1. The van der Waals surface area contributed by atoms with Gasteiger partial charge in [-0.15, -0.1) is 0 Å². The van der Waals surface area contributed by atoms with Crippen molar-refractivity contribution < 1.29 is 4.79 Å². The molecule has 0 unspecified atom stereocenters. The second-order valence-electron chi connectivity index (χ2n) is 5.31. The molecule has 3 rings (SSSR count). The molecular weight excluding hydrogens is 224 g/mol. The molecule has 1 heterocycles. The first kappa shape index (κ1) is 11.6. The van der Waals surface area contributed by atoms with Gasteiger partial charge in [-0.05, 0) is 37.3 Å². The Morgan fingerprint density at radius 1 is 1.17 bits per heavy atom. The second kappa shape index (κ2) is 5.01. The second-order valence-corrected chi connectivity index (χ2v) is 5.31. The molecular formula is C15H20N2O. The quantitative estimate of drug-likeness (QED) is 0.809. The van der Waals surface area contributed by atoms with Crippen molar-refractivity contribution >= 4 is 11.7 Å². The minimum Gasteiger partial charge on any atom is -0.335 e. The van der Waals surface area contributed by atoms with E-state index < -0.39 is 0 Å². The van der Waals surface area contributed by atoms with Crippen LogP contribution in [0.4, 0.5) is 10.5 Å². The number of fused-ring (bicyclic) bond motifs is 1. The minimum atomic E-state index is 0.0917.